The molecule has 8 atom stereocenters. The molecule has 0 saturated carbocycles. The van der Waals surface area contributed by atoms with Gasteiger partial charge in [0, 0.05) is 18.8 Å². The second-order valence-electron chi connectivity index (χ2n) is 18.3. The fourth-order valence-electron chi connectivity index (χ4n) is 7.15. The lowest BCUT2D eigenvalue weighted by atomic mass is 9.66. The van der Waals surface area contributed by atoms with Gasteiger partial charge in [-0.25, -0.2) is 4.79 Å². The summed E-state index contributed by atoms with van der Waals surface area (Å²) in [7, 11) is -4.14. The largest absolute Gasteiger partial charge is 0.478 e. The monoisotopic (exact) mass is 726 g/mol. The quantitative estimate of drug-likeness (QED) is 0.166. The molecule has 0 aromatic heterocycles. The Balaban J connectivity index is 1.56. The highest BCUT2D eigenvalue weighted by Gasteiger charge is 2.47. The molecule has 2 aliphatic carbocycles. The second kappa shape index (κ2) is 15.4. The molecule has 1 aromatic carbocycles. The van der Waals surface area contributed by atoms with Crippen LogP contribution in [0, 0.1) is 31.6 Å². The molecule has 3 aliphatic rings. The number of hydrogen-bond acceptors (Lipinski definition) is 7. The van der Waals surface area contributed by atoms with Crippen LogP contribution in [0.25, 0.3) is 0 Å². The summed E-state index contributed by atoms with van der Waals surface area (Å²) in [5, 5.41) is 0.114. The van der Waals surface area contributed by atoms with Crippen molar-refractivity contribution in [2.75, 3.05) is 0 Å². The van der Waals surface area contributed by atoms with Gasteiger partial charge in [-0.1, -0.05) is 84.9 Å². The number of para-hydroxylation sites is 1. The Bertz CT molecular complexity index is 1410. The van der Waals surface area contributed by atoms with Gasteiger partial charge in [0.1, 0.15) is 18.0 Å². The number of carbonyl (C=O) groups is 2. The van der Waals surface area contributed by atoms with E-state index in [1.807, 2.05) is 32.0 Å². The SMILES string of the molecule is Cc1cccc(C)c1OC(C)C(=O)O[C@H]1C[C@H](O[Si](C)(C)C(C)(C)C)C=C2C=C[C@H](C)[C@H](CC[C@@H]3C[C@@H](O[Si](C)(C)C(C)(C)C)CC(=O)O3)[C@H]21. The second-order valence-corrected chi connectivity index (χ2v) is 27.8. The molecule has 0 spiro atoms. The van der Waals surface area contributed by atoms with Gasteiger partial charge < -0.3 is 23.1 Å². The van der Waals surface area contributed by atoms with Gasteiger partial charge in [-0.3, -0.25) is 4.79 Å². The van der Waals surface area contributed by atoms with Crippen molar-refractivity contribution in [3.8, 4) is 5.75 Å². The summed E-state index contributed by atoms with van der Waals surface area (Å²) >= 11 is 0. The summed E-state index contributed by atoms with van der Waals surface area (Å²) in [6.07, 6.45) is 8.40. The third-order valence-electron chi connectivity index (χ3n) is 12.2. The Kier molecular flexibility index (Phi) is 12.5. The van der Waals surface area contributed by atoms with Crippen LogP contribution in [0.4, 0.5) is 0 Å². The van der Waals surface area contributed by atoms with Crippen molar-refractivity contribution < 1.29 is 32.7 Å². The van der Waals surface area contributed by atoms with Crippen molar-refractivity contribution in [2.45, 2.75) is 168 Å². The van der Waals surface area contributed by atoms with Crippen molar-refractivity contribution >= 4 is 28.6 Å². The van der Waals surface area contributed by atoms with E-state index in [4.69, 9.17) is 23.1 Å². The molecule has 0 bridgehead atoms. The van der Waals surface area contributed by atoms with Crippen LogP contribution in [0.5, 0.6) is 5.75 Å². The lowest BCUT2D eigenvalue weighted by molar-refractivity contribution is -0.164. The van der Waals surface area contributed by atoms with Crippen molar-refractivity contribution in [1.29, 1.82) is 0 Å². The Hall–Kier alpha value is -2.21. The van der Waals surface area contributed by atoms with E-state index in [0.29, 0.717) is 12.8 Å². The summed E-state index contributed by atoms with van der Waals surface area (Å²) in [6, 6.07) is 5.98. The molecule has 1 aliphatic heterocycles. The first-order chi connectivity index (χ1) is 23.0. The normalized spacial score (nSPS) is 28.3. The van der Waals surface area contributed by atoms with E-state index < -0.39 is 22.7 Å². The van der Waals surface area contributed by atoms with Crippen LogP contribution in [0.15, 0.2) is 42.0 Å². The molecule has 280 valence electrons. The van der Waals surface area contributed by atoms with Crippen LogP contribution >= 0.6 is 0 Å². The van der Waals surface area contributed by atoms with Crippen molar-refractivity contribution in [1.82, 2.24) is 0 Å². The summed E-state index contributed by atoms with van der Waals surface area (Å²) in [4.78, 5) is 26.6. The number of aryl methyl sites for hydroxylation is 2. The van der Waals surface area contributed by atoms with Crippen LogP contribution < -0.4 is 4.74 Å². The summed E-state index contributed by atoms with van der Waals surface area (Å²) in [5.41, 5.74) is 3.15. The first-order valence-corrected chi connectivity index (χ1v) is 24.7. The number of cyclic esters (lactones) is 1. The van der Waals surface area contributed by atoms with Crippen molar-refractivity contribution in [3.63, 3.8) is 0 Å². The molecule has 7 nitrogen and oxygen atoms in total. The molecule has 9 heteroatoms. The minimum atomic E-state index is -2.11. The number of allylic oxidation sites excluding steroid dienone is 2. The van der Waals surface area contributed by atoms with Gasteiger partial charge in [0.25, 0.3) is 0 Å². The van der Waals surface area contributed by atoms with Crippen LogP contribution in [0.1, 0.15) is 98.6 Å². The van der Waals surface area contributed by atoms with Crippen molar-refractivity contribution in [3.05, 3.63) is 53.1 Å². The van der Waals surface area contributed by atoms with Crippen LogP contribution in [0.3, 0.4) is 0 Å². The van der Waals surface area contributed by atoms with Crippen molar-refractivity contribution in [2.24, 2.45) is 17.8 Å². The zero-order valence-electron chi connectivity index (χ0n) is 33.5. The Morgan fingerprint density at radius 2 is 1.54 bits per heavy atom. The summed E-state index contributed by atoms with van der Waals surface area (Å²) < 4.78 is 32.3. The van der Waals surface area contributed by atoms with E-state index in [-0.39, 0.29) is 64.2 Å². The highest BCUT2D eigenvalue weighted by Crippen LogP contribution is 2.47. The van der Waals surface area contributed by atoms with Gasteiger partial charge in [0.2, 0.25) is 0 Å². The highest BCUT2D eigenvalue weighted by atomic mass is 28.4. The molecule has 0 radical (unpaired) electrons. The van der Waals surface area contributed by atoms with E-state index in [1.54, 1.807) is 6.92 Å². The molecule has 1 heterocycles. The molecular formula is C41H66O7Si2. The fourth-order valence-corrected chi connectivity index (χ4v) is 9.79. The summed E-state index contributed by atoms with van der Waals surface area (Å²) in [5.74, 6) is 0.661. The van der Waals surface area contributed by atoms with Gasteiger partial charge in [-0.05, 0) is 98.4 Å². The number of carbonyl (C=O) groups excluding carboxylic acids is 2. The Morgan fingerprint density at radius 3 is 2.14 bits per heavy atom. The van der Waals surface area contributed by atoms with Gasteiger partial charge in [-0.15, -0.1) is 0 Å². The Morgan fingerprint density at radius 1 is 0.940 bits per heavy atom. The molecule has 1 unspecified atom stereocenters. The van der Waals surface area contributed by atoms with Gasteiger partial charge in [0.15, 0.2) is 22.7 Å². The van der Waals surface area contributed by atoms with E-state index in [1.165, 1.54) is 5.57 Å². The lowest BCUT2D eigenvalue weighted by Crippen LogP contribution is -2.49. The topological polar surface area (TPSA) is 80.3 Å². The third kappa shape index (κ3) is 9.61. The molecule has 1 saturated heterocycles. The Labute approximate surface area is 305 Å². The first-order valence-electron chi connectivity index (χ1n) is 18.9. The number of benzene rings is 1. The minimum absolute atomic E-state index is 0.00387. The molecule has 4 rings (SSSR count). The molecule has 1 fully saturated rings. The number of rotatable bonds is 11. The van der Waals surface area contributed by atoms with Crippen LogP contribution in [-0.4, -0.2) is 59.1 Å². The van der Waals surface area contributed by atoms with Gasteiger partial charge >= 0.3 is 11.9 Å². The zero-order valence-corrected chi connectivity index (χ0v) is 35.5. The van der Waals surface area contributed by atoms with E-state index in [2.05, 4.69) is 92.9 Å². The smallest absolute Gasteiger partial charge is 0.347 e. The predicted molar refractivity (Wildman–Crippen MR) is 206 cm³/mol. The van der Waals surface area contributed by atoms with Crippen LogP contribution in [-0.2, 0) is 27.9 Å². The van der Waals surface area contributed by atoms with E-state index >= 15 is 0 Å². The fraction of sp³-hybridized carbons (Fsp3) is 0.707. The lowest BCUT2D eigenvalue weighted by Gasteiger charge is -2.46. The zero-order chi connectivity index (χ0) is 37.4. The molecule has 1 aromatic rings. The predicted octanol–water partition coefficient (Wildman–Crippen LogP) is 10.0. The average Bonchev–Trinajstić information content (AvgIpc) is 2.96. The molecule has 0 amide bonds. The maximum atomic E-state index is 13.8. The van der Waals surface area contributed by atoms with Gasteiger partial charge in [0.05, 0.1) is 18.6 Å². The number of ether oxygens (including phenoxy) is 3. The minimum Gasteiger partial charge on any atom is -0.478 e. The maximum Gasteiger partial charge on any atom is 0.347 e. The molecule has 50 heavy (non-hydrogen) atoms. The molecule has 0 N–H and O–H groups in total. The summed E-state index contributed by atoms with van der Waals surface area (Å²) in [6.45, 7) is 30.5. The maximum absolute atomic E-state index is 13.8. The average molecular weight is 727 g/mol. The number of esters is 2. The standard InChI is InChI=1S/C41H66O7Si2/c1-26-18-19-30-22-32(47-49(11,12)40(5,6)7)24-35(46-39(43)29(4)44-38-27(2)16-15-17-28(38)3)37(30)34(26)21-20-31-23-33(25-36(42)45-31)48-50(13,14)41(8,9)10/h15-19,22,26,29,31-35,37H,20-21,23-25H2,1-14H3/t26-,29?,31+,32+,33+,34-,35-,37-/m0/s1. The molecular weight excluding hydrogens is 661 g/mol. The highest BCUT2D eigenvalue weighted by molar-refractivity contribution is 6.74. The third-order valence-corrected chi connectivity index (χ3v) is 21.3. The number of hydrogen-bond donors (Lipinski definition) is 0. The van der Waals surface area contributed by atoms with E-state index in [9.17, 15) is 9.59 Å². The first kappa shape index (κ1) is 40.6. The number of fused-ring (bicyclic) bond motifs is 1. The van der Waals surface area contributed by atoms with E-state index in [0.717, 1.165) is 36.1 Å². The van der Waals surface area contributed by atoms with Gasteiger partial charge in [-0.2, -0.15) is 0 Å². The van der Waals surface area contributed by atoms with Crippen LogP contribution in [0.2, 0.25) is 36.3 Å².